The molecule has 5 nitrogen and oxygen atoms in total. The summed E-state index contributed by atoms with van der Waals surface area (Å²) >= 11 is 0. The summed E-state index contributed by atoms with van der Waals surface area (Å²) < 4.78 is 54.2. The minimum Gasteiger partial charge on any atom is -0.323 e. The molecule has 156 valence electrons. The summed E-state index contributed by atoms with van der Waals surface area (Å²) in [7, 11) is -3.67. The van der Waals surface area contributed by atoms with Crippen molar-refractivity contribution in [1.82, 2.24) is 4.31 Å². The number of piperidine rings is 1. The number of benzene rings is 3. The summed E-state index contributed by atoms with van der Waals surface area (Å²) in [6.45, 7) is 0.387. The molecule has 1 aliphatic heterocycles. The average Bonchev–Trinajstić information content (AvgIpc) is 2.75. The third-order valence-corrected chi connectivity index (χ3v) is 7.27. The second kappa shape index (κ2) is 8.12. The monoisotopic (exact) mass is 430 g/mol. The quantitative estimate of drug-likeness (QED) is 0.676. The molecule has 0 radical (unpaired) electrons. The van der Waals surface area contributed by atoms with E-state index in [2.05, 4.69) is 5.32 Å². The summed E-state index contributed by atoms with van der Waals surface area (Å²) in [6, 6.07) is 15.5. The predicted molar refractivity (Wildman–Crippen MR) is 110 cm³/mol. The molecule has 1 aliphatic rings. The molecule has 1 fully saturated rings. The summed E-state index contributed by atoms with van der Waals surface area (Å²) in [5, 5.41) is 4.26. The third-order valence-electron chi connectivity index (χ3n) is 5.37. The zero-order valence-corrected chi connectivity index (χ0v) is 16.8. The van der Waals surface area contributed by atoms with Crippen LogP contribution in [0.5, 0.6) is 0 Å². The van der Waals surface area contributed by atoms with Gasteiger partial charge in [-0.3, -0.25) is 4.79 Å². The van der Waals surface area contributed by atoms with Gasteiger partial charge in [0.1, 0.15) is 11.6 Å². The van der Waals surface area contributed by atoms with Gasteiger partial charge >= 0.3 is 0 Å². The van der Waals surface area contributed by atoms with Crippen LogP contribution in [0, 0.1) is 17.6 Å². The Morgan fingerprint density at radius 3 is 2.33 bits per heavy atom. The number of halogens is 2. The first-order valence-corrected chi connectivity index (χ1v) is 11.0. The fraction of sp³-hybridized carbons (Fsp3) is 0.227. The number of anilines is 1. The van der Waals surface area contributed by atoms with Crippen molar-refractivity contribution in [2.75, 3.05) is 18.4 Å². The zero-order chi connectivity index (χ0) is 21.3. The van der Waals surface area contributed by atoms with Gasteiger partial charge in [0.15, 0.2) is 0 Å². The van der Waals surface area contributed by atoms with Gasteiger partial charge in [-0.2, -0.15) is 4.31 Å². The van der Waals surface area contributed by atoms with Gasteiger partial charge in [0.05, 0.1) is 10.6 Å². The lowest BCUT2D eigenvalue weighted by atomic mass is 9.97. The number of nitrogens with zero attached hydrogens (tertiary/aromatic N) is 1. The Balaban J connectivity index is 1.43. The number of amides is 1. The maximum Gasteiger partial charge on any atom is 0.243 e. The van der Waals surface area contributed by atoms with Crippen molar-refractivity contribution in [2.45, 2.75) is 17.7 Å². The van der Waals surface area contributed by atoms with Crippen molar-refractivity contribution in [1.29, 1.82) is 0 Å². The molecule has 0 unspecified atom stereocenters. The zero-order valence-electron chi connectivity index (χ0n) is 16.0. The van der Waals surface area contributed by atoms with E-state index in [-0.39, 0.29) is 23.7 Å². The number of sulfonamides is 1. The van der Waals surface area contributed by atoms with Crippen LogP contribution in [0.2, 0.25) is 0 Å². The van der Waals surface area contributed by atoms with E-state index in [0.717, 1.165) is 16.8 Å². The van der Waals surface area contributed by atoms with Crippen molar-refractivity contribution < 1.29 is 22.0 Å². The van der Waals surface area contributed by atoms with Crippen LogP contribution in [0.15, 0.2) is 65.6 Å². The first kappa shape index (κ1) is 20.4. The van der Waals surface area contributed by atoms with E-state index in [1.807, 2.05) is 24.3 Å². The Kier molecular flexibility index (Phi) is 5.53. The van der Waals surface area contributed by atoms with Crippen molar-refractivity contribution in [3.05, 3.63) is 72.3 Å². The van der Waals surface area contributed by atoms with E-state index in [1.165, 1.54) is 10.4 Å². The molecule has 4 rings (SSSR count). The van der Waals surface area contributed by atoms with Crippen LogP contribution in [0.3, 0.4) is 0 Å². The topological polar surface area (TPSA) is 66.5 Å². The van der Waals surface area contributed by atoms with Crippen molar-refractivity contribution in [2.24, 2.45) is 5.92 Å². The van der Waals surface area contributed by atoms with E-state index in [4.69, 9.17) is 0 Å². The van der Waals surface area contributed by atoms with Gasteiger partial charge in [0.25, 0.3) is 0 Å². The van der Waals surface area contributed by atoms with Crippen LogP contribution in [-0.4, -0.2) is 31.7 Å². The van der Waals surface area contributed by atoms with E-state index in [1.54, 1.807) is 18.2 Å². The van der Waals surface area contributed by atoms with Gasteiger partial charge in [0, 0.05) is 25.1 Å². The lowest BCUT2D eigenvalue weighted by molar-refractivity contribution is -0.120. The number of carbonyl (C=O) groups excluding carboxylic acids is 1. The minimum atomic E-state index is -3.67. The molecule has 0 atom stereocenters. The average molecular weight is 430 g/mol. The Morgan fingerprint density at radius 1 is 0.933 bits per heavy atom. The van der Waals surface area contributed by atoms with E-state index >= 15 is 0 Å². The highest BCUT2D eigenvalue weighted by molar-refractivity contribution is 7.89. The van der Waals surface area contributed by atoms with E-state index in [9.17, 15) is 22.0 Å². The van der Waals surface area contributed by atoms with Gasteiger partial charge in [-0.05, 0) is 47.9 Å². The Bertz CT molecular complexity index is 1210. The lowest BCUT2D eigenvalue weighted by Gasteiger charge is -2.30. The summed E-state index contributed by atoms with van der Waals surface area (Å²) in [4.78, 5) is 12.7. The van der Waals surface area contributed by atoms with Crippen LogP contribution < -0.4 is 5.32 Å². The second-order valence-corrected chi connectivity index (χ2v) is 9.24. The van der Waals surface area contributed by atoms with E-state index in [0.29, 0.717) is 18.9 Å². The van der Waals surface area contributed by atoms with Crippen LogP contribution in [0.25, 0.3) is 10.8 Å². The molecule has 0 aliphatic carbocycles. The maximum atomic E-state index is 13.8. The predicted octanol–water partition coefficient (Wildman–Crippen LogP) is 4.16. The Hall–Kier alpha value is -2.84. The molecule has 0 aromatic heterocycles. The molecule has 0 saturated carbocycles. The number of hydrogen-bond donors (Lipinski definition) is 1. The van der Waals surface area contributed by atoms with Gasteiger partial charge < -0.3 is 5.32 Å². The van der Waals surface area contributed by atoms with Gasteiger partial charge in [-0.15, -0.1) is 0 Å². The molecule has 1 saturated heterocycles. The van der Waals surface area contributed by atoms with Crippen LogP contribution in [-0.2, 0) is 14.8 Å². The van der Waals surface area contributed by atoms with Crippen LogP contribution in [0.1, 0.15) is 12.8 Å². The molecule has 1 N–H and O–H groups in total. The third kappa shape index (κ3) is 4.06. The van der Waals surface area contributed by atoms with Crippen molar-refractivity contribution >= 4 is 32.4 Å². The second-order valence-electron chi connectivity index (χ2n) is 7.30. The first-order valence-electron chi connectivity index (χ1n) is 9.59. The normalized spacial score (nSPS) is 15.9. The number of carbonyl (C=O) groups is 1. The molecule has 3 aromatic carbocycles. The molecular weight excluding hydrogens is 410 g/mol. The van der Waals surface area contributed by atoms with E-state index < -0.39 is 33.5 Å². The van der Waals surface area contributed by atoms with Gasteiger partial charge in [-0.25, -0.2) is 17.2 Å². The molecule has 0 bridgehead atoms. The molecule has 1 heterocycles. The van der Waals surface area contributed by atoms with Gasteiger partial charge in [-0.1, -0.05) is 30.3 Å². The summed E-state index contributed by atoms with van der Waals surface area (Å²) in [6.07, 6.45) is 0.642. The largest absolute Gasteiger partial charge is 0.323 e. The lowest BCUT2D eigenvalue weighted by Crippen LogP contribution is -2.41. The summed E-state index contributed by atoms with van der Waals surface area (Å²) in [5.74, 6) is -2.42. The maximum absolute atomic E-state index is 13.8. The first-order chi connectivity index (χ1) is 14.3. The SMILES string of the molecule is O=C(Nc1ccc(F)cc1F)C1CCN(S(=O)(=O)c2ccc3ccccc3c2)CC1. The highest BCUT2D eigenvalue weighted by Gasteiger charge is 2.32. The Labute approximate surface area is 173 Å². The smallest absolute Gasteiger partial charge is 0.243 e. The molecule has 1 amide bonds. The highest BCUT2D eigenvalue weighted by Crippen LogP contribution is 2.27. The molecule has 8 heteroatoms. The molecular formula is C22H20F2N2O3S. The van der Waals surface area contributed by atoms with Crippen LogP contribution >= 0.6 is 0 Å². The molecule has 0 spiro atoms. The van der Waals surface area contributed by atoms with Crippen molar-refractivity contribution in [3.63, 3.8) is 0 Å². The molecule has 3 aromatic rings. The molecule has 30 heavy (non-hydrogen) atoms. The minimum absolute atomic E-state index is 0.0902. The number of fused-ring (bicyclic) bond motifs is 1. The van der Waals surface area contributed by atoms with Crippen molar-refractivity contribution in [3.8, 4) is 0 Å². The van der Waals surface area contributed by atoms with Crippen LogP contribution in [0.4, 0.5) is 14.5 Å². The standard InChI is InChI=1S/C22H20F2N2O3S/c23-18-6-8-21(20(24)14-18)25-22(27)16-9-11-26(12-10-16)30(28,29)19-7-5-15-3-1-2-4-17(15)13-19/h1-8,13-14,16H,9-12H2,(H,25,27). The van der Waals surface area contributed by atoms with Gasteiger partial charge in [0.2, 0.25) is 15.9 Å². The number of hydrogen-bond acceptors (Lipinski definition) is 3. The fourth-order valence-electron chi connectivity index (χ4n) is 3.66. The number of rotatable bonds is 4. The fourth-order valence-corrected chi connectivity index (χ4v) is 5.17. The number of nitrogens with one attached hydrogen (secondary N) is 1. The highest BCUT2D eigenvalue weighted by atomic mass is 32.2. The summed E-state index contributed by atoms with van der Waals surface area (Å²) in [5.41, 5.74) is -0.0902. The Morgan fingerprint density at radius 2 is 1.63 bits per heavy atom.